The lowest BCUT2D eigenvalue weighted by atomic mass is 10.1. The van der Waals surface area contributed by atoms with Crippen LogP contribution < -0.4 is 5.48 Å². The third-order valence-electron chi connectivity index (χ3n) is 3.72. The van der Waals surface area contributed by atoms with Crippen molar-refractivity contribution >= 4 is 23.2 Å². The van der Waals surface area contributed by atoms with Gasteiger partial charge in [-0.25, -0.2) is 5.48 Å². The van der Waals surface area contributed by atoms with Crippen molar-refractivity contribution in [3.8, 4) is 0 Å². The predicted octanol–water partition coefficient (Wildman–Crippen LogP) is 1.11. The Hall–Kier alpha value is -2.19. The van der Waals surface area contributed by atoms with E-state index < -0.39 is 5.91 Å². The molecule has 0 bridgehead atoms. The van der Waals surface area contributed by atoms with Gasteiger partial charge in [0.2, 0.25) is 0 Å². The molecule has 116 valence electrons. The lowest BCUT2D eigenvalue weighted by Crippen LogP contribution is -2.36. The second kappa shape index (κ2) is 5.54. The van der Waals surface area contributed by atoms with E-state index in [-0.39, 0.29) is 5.91 Å². The van der Waals surface area contributed by atoms with Gasteiger partial charge in [-0.05, 0) is 31.0 Å². The molecule has 0 aliphatic carbocycles. The second-order valence-electron chi connectivity index (χ2n) is 5.27. The maximum atomic E-state index is 12.6. The van der Waals surface area contributed by atoms with Crippen LogP contribution in [0.3, 0.4) is 0 Å². The summed E-state index contributed by atoms with van der Waals surface area (Å²) >= 11 is 1.31. The summed E-state index contributed by atoms with van der Waals surface area (Å²) in [5.74, 6) is -0.574. The maximum absolute atomic E-state index is 12.6. The molecule has 0 saturated heterocycles. The van der Waals surface area contributed by atoms with E-state index in [1.165, 1.54) is 11.3 Å². The second-order valence-corrected chi connectivity index (χ2v) is 6.41. The first-order chi connectivity index (χ1) is 10.5. The van der Waals surface area contributed by atoms with E-state index >= 15 is 0 Å². The van der Waals surface area contributed by atoms with Crippen LogP contribution in [0.2, 0.25) is 0 Å². The highest BCUT2D eigenvalue weighted by Gasteiger charge is 2.26. The van der Waals surface area contributed by atoms with Crippen LogP contribution >= 0.6 is 11.3 Å². The Balaban J connectivity index is 1.82. The Morgan fingerprint density at radius 3 is 2.82 bits per heavy atom. The Morgan fingerprint density at radius 2 is 2.18 bits per heavy atom. The van der Waals surface area contributed by atoms with Crippen LogP contribution in [0.5, 0.6) is 0 Å². The molecule has 1 aliphatic rings. The lowest BCUT2D eigenvalue weighted by molar-refractivity contribution is 0.0708. The largest absolute Gasteiger partial charge is 0.332 e. The van der Waals surface area contributed by atoms with Crippen LogP contribution in [0, 0.1) is 6.92 Å². The standard InChI is InChI=1S/C14H16N4O3S/c1-8-5-10(17(2)15-8)14(20)18-4-3-9-6-11(13(19)16-21)22-12(9)7-18/h5-6,21H,3-4,7H2,1-2H3,(H,16,19). The van der Waals surface area contributed by atoms with Crippen molar-refractivity contribution in [1.29, 1.82) is 0 Å². The number of hydrogen-bond acceptors (Lipinski definition) is 5. The van der Waals surface area contributed by atoms with Crippen LogP contribution in [-0.4, -0.2) is 38.2 Å². The van der Waals surface area contributed by atoms with Crippen molar-refractivity contribution in [2.24, 2.45) is 7.05 Å². The number of aromatic nitrogens is 2. The first-order valence-electron chi connectivity index (χ1n) is 6.85. The van der Waals surface area contributed by atoms with Crippen LogP contribution in [0.4, 0.5) is 0 Å². The molecule has 0 unspecified atom stereocenters. The molecule has 1 aliphatic heterocycles. The van der Waals surface area contributed by atoms with Gasteiger partial charge in [0.15, 0.2) is 0 Å². The smallest absolute Gasteiger partial charge is 0.284 e. The van der Waals surface area contributed by atoms with Gasteiger partial charge in [0.25, 0.3) is 11.8 Å². The zero-order chi connectivity index (χ0) is 15.9. The number of nitrogens with zero attached hydrogens (tertiary/aromatic N) is 3. The summed E-state index contributed by atoms with van der Waals surface area (Å²) < 4.78 is 1.59. The fourth-order valence-corrected chi connectivity index (χ4v) is 3.75. The Labute approximate surface area is 131 Å². The number of carbonyl (C=O) groups is 2. The van der Waals surface area contributed by atoms with Gasteiger partial charge in [-0.3, -0.25) is 19.5 Å². The van der Waals surface area contributed by atoms with Crippen molar-refractivity contribution < 1.29 is 14.8 Å². The van der Waals surface area contributed by atoms with Crippen molar-refractivity contribution in [2.45, 2.75) is 19.9 Å². The van der Waals surface area contributed by atoms with Crippen molar-refractivity contribution in [3.63, 3.8) is 0 Å². The topological polar surface area (TPSA) is 87.5 Å². The van der Waals surface area contributed by atoms with Crippen LogP contribution in [-0.2, 0) is 20.0 Å². The van der Waals surface area contributed by atoms with E-state index in [2.05, 4.69) is 5.10 Å². The average molecular weight is 320 g/mol. The summed E-state index contributed by atoms with van der Waals surface area (Å²) in [6.07, 6.45) is 0.702. The maximum Gasteiger partial charge on any atom is 0.284 e. The Bertz CT molecular complexity index is 749. The van der Waals surface area contributed by atoms with Gasteiger partial charge in [-0.1, -0.05) is 0 Å². The Kier molecular flexibility index (Phi) is 3.71. The summed E-state index contributed by atoms with van der Waals surface area (Å²) in [5, 5.41) is 12.9. The normalized spacial score (nSPS) is 13.9. The minimum Gasteiger partial charge on any atom is -0.332 e. The summed E-state index contributed by atoms with van der Waals surface area (Å²) in [6.45, 7) is 2.93. The number of hydrogen-bond donors (Lipinski definition) is 2. The quantitative estimate of drug-likeness (QED) is 0.641. The average Bonchev–Trinajstić information content (AvgIpc) is 3.07. The van der Waals surface area contributed by atoms with Crippen molar-refractivity contribution in [2.75, 3.05) is 6.54 Å². The monoisotopic (exact) mass is 320 g/mol. The molecule has 22 heavy (non-hydrogen) atoms. The van der Waals surface area contributed by atoms with Gasteiger partial charge < -0.3 is 4.90 Å². The first kappa shape index (κ1) is 14.7. The molecule has 0 saturated carbocycles. The fourth-order valence-electron chi connectivity index (χ4n) is 2.63. The van der Waals surface area contributed by atoms with Crippen molar-refractivity contribution in [3.05, 3.63) is 38.8 Å². The predicted molar refractivity (Wildman–Crippen MR) is 80.0 cm³/mol. The molecule has 3 rings (SSSR count). The molecule has 2 aromatic heterocycles. The van der Waals surface area contributed by atoms with E-state index in [0.717, 1.165) is 16.1 Å². The van der Waals surface area contributed by atoms with E-state index in [1.54, 1.807) is 34.2 Å². The molecule has 3 heterocycles. The molecule has 0 fully saturated rings. The molecule has 2 amide bonds. The molecule has 2 aromatic rings. The number of carbonyl (C=O) groups excluding carboxylic acids is 2. The molecular formula is C14H16N4O3S. The summed E-state index contributed by atoms with van der Waals surface area (Å²) in [6, 6.07) is 3.55. The third-order valence-corrected chi connectivity index (χ3v) is 4.88. The number of thiophene rings is 1. The molecule has 8 heteroatoms. The number of rotatable bonds is 2. The zero-order valence-corrected chi connectivity index (χ0v) is 13.1. The fraction of sp³-hybridized carbons (Fsp3) is 0.357. The van der Waals surface area contributed by atoms with Crippen molar-refractivity contribution in [1.82, 2.24) is 20.2 Å². The van der Waals surface area contributed by atoms with Gasteiger partial charge in [0.1, 0.15) is 5.69 Å². The molecule has 0 aromatic carbocycles. The van der Waals surface area contributed by atoms with Gasteiger partial charge in [0, 0.05) is 18.5 Å². The van der Waals surface area contributed by atoms with Crippen LogP contribution in [0.15, 0.2) is 12.1 Å². The lowest BCUT2D eigenvalue weighted by Gasteiger charge is -2.26. The van der Waals surface area contributed by atoms with E-state index in [1.807, 2.05) is 6.92 Å². The van der Waals surface area contributed by atoms with Crippen LogP contribution in [0.1, 0.15) is 36.3 Å². The number of fused-ring (bicyclic) bond motifs is 1. The molecule has 7 nitrogen and oxygen atoms in total. The van der Waals surface area contributed by atoms with E-state index in [0.29, 0.717) is 30.1 Å². The highest BCUT2D eigenvalue weighted by molar-refractivity contribution is 7.14. The SMILES string of the molecule is Cc1cc(C(=O)N2CCc3cc(C(=O)NO)sc3C2)n(C)n1. The van der Waals surface area contributed by atoms with Gasteiger partial charge >= 0.3 is 0 Å². The Morgan fingerprint density at radius 1 is 1.41 bits per heavy atom. The molecular weight excluding hydrogens is 304 g/mol. The first-order valence-corrected chi connectivity index (χ1v) is 7.67. The minimum atomic E-state index is -0.514. The van der Waals surface area contributed by atoms with E-state index in [4.69, 9.17) is 5.21 Å². The molecule has 2 N–H and O–H groups in total. The number of amides is 2. The molecule has 0 atom stereocenters. The molecule has 0 spiro atoms. The highest BCUT2D eigenvalue weighted by atomic mass is 32.1. The minimum absolute atomic E-state index is 0.0599. The van der Waals surface area contributed by atoms with E-state index in [9.17, 15) is 9.59 Å². The number of nitrogens with one attached hydrogen (secondary N) is 1. The number of aryl methyl sites for hydroxylation is 2. The van der Waals surface area contributed by atoms with Crippen LogP contribution in [0.25, 0.3) is 0 Å². The summed E-state index contributed by atoms with van der Waals surface area (Å²) in [4.78, 5) is 27.3. The highest BCUT2D eigenvalue weighted by Crippen LogP contribution is 2.29. The van der Waals surface area contributed by atoms with Gasteiger partial charge in [-0.2, -0.15) is 5.10 Å². The van der Waals surface area contributed by atoms with Gasteiger partial charge in [0.05, 0.1) is 17.1 Å². The number of hydroxylamine groups is 1. The zero-order valence-electron chi connectivity index (χ0n) is 12.3. The summed E-state index contributed by atoms with van der Waals surface area (Å²) in [5.41, 5.74) is 4.07. The molecule has 0 radical (unpaired) electrons. The third kappa shape index (κ3) is 2.51. The van der Waals surface area contributed by atoms with Gasteiger partial charge in [-0.15, -0.1) is 11.3 Å². The summed E-state index contributed by atoms with van der Waals surface area (Å²) in [7, 11) is 1.75.